The number of non-ortho nitro benzene ring substituents is 1. The summed E-state index contributed by atoms with van der Waals surface area (Å²) in [4.78, 5) is 34.5. The number of hydrazine groups is 1. The van der Waals surface area contributed by atoms with Crippen molar-refractivity contribution in [1.29, 1.82) is 0 Å². The minimum Gasteiger partial charge on any atom is -0.463 e. The van der Waals surface area contributed by atoms with E-state index in [4.69, 9.17) is 10.6 Å². The van der Waals surface area contributed by atoms with Crippen LogP contribution in [0, 0.1) is 10.1 Å². The van der Waals surface area contributed by atoms with Crippen molar-refractivity contribution in [1.82, 2.24) is 10.3 Å². The molecule has 2 rings (SSSR count). The number of hydrogen-bond acceptors (Lipinski definition) is 6. The fourth-order valence-corrected chi connectivity index (χ4v) is 2.30. The van der Waals surface area contributed by atoms with Gasteiger partial charge in [-0.15, -0.1) is 0 Å². The topological polar surface area (TPSA) is 128 Å². The van der Waals surface area contributed by atoms with Crippen LogP contribution in [-0.4, -0.2) is 28.5 Å². The summed E-state index contributed by atoms with van der Waals surface area (Å²) in [5.41, 5.74) is 0.606. The van der Waals surface area contributed by atoms with E-state index in [2.05, 4.69) is 5.32 Å². The van der Waals surface area contributed by atoms with Crippen LogP contribution in [0.25, 0.3) is 0 Å². The van der Waals surface area contributed by atoms with Gasteiger partial charge in [0.15, 0.2) is 0 Å². The summed E-state index contributed by atoms with van der Waals surface area (Å²) in [6.45, 7) is 3.31. The van der Waals surface area contributed by atoms with Gasteiger partial charge in [0, 0.05) is 17.8 Å². The minimum absolute atomic E-state index is 0.134. The van der Waals surface area contributed by atoms with Gasteiger partial charge in [-0.1, -0.05) is 12.1 Å². The largest absolute Gasteiger partial charge is 0.463 e. The number of carbonyl (C=O) groups is 2. The van der Waals surface area contributed by atoms with E-state index in [-0.39, 0.29) is 23.6 Å². The van der Waals surface area contributed by atoms with E-state index in [0.29, 0.717) is 5.56 Å². The number of ether oxygens (including phenoxy) is 1. The van der Waals surface area contributed by atoms with Gasteiger partial charge in [-0.05, 0) is 19.4 Å². The Balaban J connectivity index is 2.53. The van der Waals surface area contributed by atoms with Gasteiger partial charge in [0.2, 0.25) is 0 Å². The summed E-state index contributed by atoms with van der Waals surface area (Å²) >= 11 is 0. The highest BCUT2D eigenvalue weighted by Gasteiger charge is 2.35. The van der Waals surface area contributed by atoms with Crippen LogP contribution < -0.4 is 11.2 Å². The molecule has 0 saturated carbocycles. The normalized spacial score (nSPS) is 17.8. The van der Waals surface area contributed by atoms with Crippen molar-refractivity contribution in [2.75, 3.05) is 6.61 Å². The molecule has 0 aromatic heterocycles. The molecule has 2 amide bonds. The molecule has 1 heterocycles. The fraction of sp³-hybridized carbons (Fsp3) is 0.286. The van der Waals surface area contributed by atoms with Crippen molar-refractivity contribution >= 4 is 17.7 Å². The second kappa shape index (κ2) is 6.44. The number of nitro groups is 1. The molecule has 122 valence electrons. The Morgan fingerprint density at radius 2 is 2.22 bits per heavy atom. The summed E-state index contributed by atoms with van der Waals surface area (Å²) in [6, 6.07) is 4.19. The Labute approximate surface area is 131 Å². The van der Waals surface area contributed by atoms with Gasteiger partial charge in [0.25, 0.3) is 5.69 Å². The monoisotopic (exact) mass is 320 g/mol. The number of nitrogens with two attached hydrogens (primary N) is 1. The lowest BCUT2D eigenvalue weighted by Gasteiger charge is -2.32. The number of urea groups is 1. The third-order valence-corrected chi connectivity index (χ3v) is 3.44. The molecule has 1 aliphatic rings. The summed E-state index contributed by atoms with van der Waals surface area (Å²) in [6.07, 6.45) is 0. The van der Waals surface area contributed by atoms with Gasteiger partial charge >= 0.3 is 12.0 Å². The zero-order chi connectivity index (χ0) is 17.1. The van der Waals surface area contributed by atoms with Crippen molar-refractivity contribution in [3.05, 3.63) is 51.2 Å². The van der Waals surface area contributed by atoms with Crippen LogP contribution in [0.3, 0.4) is 0 Å². The Hall–Kier alpha value is -2.94. The number of esters is 1. The first-order valence-electron chi connectivity index (χ1n) is 6.84. The van der Waals surface area contributed by atoms with E-state index in [1.54, 1.807) is 13.0 Å². The average Bonchev–Trinajstić information content (AvgIpc) is 2.52. The van der Waals surface area contributed by atoms with Crippen molar-refractivity contribution in [2.45, 2.75) is 19.9 Å². The summed E-state index contributed by atoms with van der Waals surface area (Å²) < 4.78 is 5.00. The molecular formula is C14H16N4O5. The molecule has 23 heavy (non-hydrogen) atoms. The highest BCUT2D eigenvalue weighted by atomic mass is 16.6. The van der Waals surface area contributed by atoms with Gasteiger partial charge in [-0.3, -0.25) is 10.1 Å². The third-order valence-electron chi connectivity index (χ3n) is 3.44. The van der Waals surface area contributed by atoms with Gasteiger partial charge < -0.3 is 10.1 Å². The Morgan fingerprint density at radius 3 is 2.83 bits per heavy atom. The van der Waals surface area contributed by atoms with Crippen LogP contribution in [0.15, 0.2) is 35.5 Å². The molecule has 1 aliphatic heterocycles. The highest BCUT2D eigenvalue weighted by molar-refractivity contribution is 5.94. The number of nitrogens with zero attached hydrogens (tertiary/aromatic N) is 2. The predicted octanol–water partition coefficient (Wildman–Crippen LogP) is 1.37. The second-order valence-corrected chi connectivity index (χ2v) is 4.82. The summed E-state index contributed by atoms with van der Waals surface area (Å²) in [5, 5.41) is 14.3. The molecule has 3 N–H and O–H groups in total. The number of rotatable bonds is 4. The SMILES string of the molecule is CCOC(=O)C1=C(C)N(N)C(=O)N[C@@H]1c1cccc([N+](=O)[O-])c1. The number of benzene rings is 1. The molecule has 0 radical (unpaired) electrons. The average molecular weight is 320 g/mol. The molecule has 9 heteroatoms. The molecule has 0 unspecified atom stereocenters. The molecular weight excluding hydrogens is 304 g/mol. The van der Waals surface area contributed by atoms with Crippen LogP contribution in [0.1, 0.15) is 25.5 Å². The maximum Gasteiger partial charge on any atom is 0.338 e. The van der Waals surface area contributed by atoms with Crippen LogP contribution in [0.5, 0.6) is 0 Å². The quantitative estimate of drug-likeness (QED) is 0.283. The zero-order valence-electron chi connectivity index (χ0n) is 12.6. The van der Waals surface area contributed by atoms with Gasteiger partial charge in [-0.25, -0.2) is 20.4 Å². The maximum atomic E-state index is 12.2. The second-order valence-electron chi connectivity index (χ2n) is 4.82. The fourth-order valence-electron chi connectivity index (χ4n) is 2.30. The van der Waals surface area contributed by atoms with Crippen LogP contribution >= 0.6 is 0 Å². The maximum absolute atomic E-state index is 12.2. The number of nitrogens with one attached hydrogen (secondary N) is 1. The smallest absolute Gasteiger partial charge is 0.338 e. The van der Waals surface area contributed by atoms with Gasteiger partial charge in [0.1, 0.15) is 0 Å². The minimum atomic E-state index is -0.874. The summed E-state index contributed by atoms with van der Waals surface area (Å²) in [5.74, 6) is 4.97. The lowest BCUT2D eigenvalue weighted by Crippen LogP contribution is -2.51. The Morgan fingerprint density at radius 1 is 1.52 bits per heavy atom. The molecule has 9 nitrogen and oxygen atoms in total. The Kier molecular flexibility index (Phi) is 4.60. The third kappa shape index (κ3) is 3.14. The number of amides is 2. The van der Waals surface area contributed by atoms with E-state index >= 15 is 0 Å². The number of allylic oxidation sites excluding steroid dienone is 1. The molecule has 0 spiro atoms. The molecule has 0 bridgehead atoms. The van der Waals surface area contributed by atoms with E-state index in [9.17, 15) is 19.7 Å². The number of nitro benzene ring substituents is 1. The standard InChI is InChI=1S/C14H16N4O5/c1-3-23-13(19)11-8(2)17(15)14(20)16-12(11)9-5-4-6-10(7-9)18(21)22/h4-7,12H,3,15H2,1-2H3,(H,16,20)/t12-/m1/s1. The van der Waals surface area contributed by atoms with Crippen molar-refractivity contribution < 1.29 is 19.2 Å². The molecule has 0 saturated heterocycles. The zero-order valence-corrected chi connectivity index (χ0v) is 12.6. The van der Waals surface area contributed by atoms with Gasteiger partial charge in [-0.2, -0.15) is 0 Å². The number of hydrogen-bond donors (Lipinski definition) is 2. The van der Waals surface area contributed by atoms with Crippen LogP contribution in [0.2, 0.25) is 0 Å². The molecule has 1 aromatic carbocycles. The Bertz CT molecular complexity index is 700. The lowest BCUT2D eigenvalue weighted by atomic mass is 9.95. The molecule has 0 fully saturated rings. The van der Waals surface area contributed by atoms with E-state index in [0.717, 1.165) is 5.01 Å². The van der Waals surface area contributed by atoms with Crippen molar-refractivity contribution in [2.24, 2.45) is 5.84 Å². The first-order valence-corrected chi connectivity index (χ1v) is 6.84. The molecule has 0 aliphatic carbocycles. The first-order chi connectivity index (χ1) is 10.9. The van der Waals surface area contributed by atoms with Gasteiger partial charge in [0.05, 0.1) is 23.1 Å². The van der Waals surface area contributed by atoms with Crippen molar-refractivity contribution in [3.8, 4) is 0 Å². The predicted molar refractivity (Wildman–Crippen MR) is 79.7 cm³/mol. The lowest BCUT2D eigenvalue weighted by molar-refractivity contribution is -0.384. The van der Waals surface area contributed by atoms with E-state index in [1.807, 2.05) is 0 Å². The highest BCUT2D eigenvalue weighted by Crippen LogP contribution is 2.31. The van der Waals surface area contributed by atoms with E-state index < -0.39 is 23.0 Å². The van der Waals surface area contributed by atoms with Crippen molar-refractivity contribution in [3.63, 3.8) is 0 Å². The first kappa shape index (κ1) is 16.4. The summed E-state index contributed by atoms with van der Waals surface area (Å²) in [7, 11) is 0. The number of carbonyl (C=O) groups excluding carboxylic acids is 2. The molecule has 1 atom stereocenters. The molecule has 1 aromatic rings. The van der Waals surface area contributed by atoms with Crippen LogP contribution in [0.4, 0.5) is 10.5 Å². The van der Waals surface area contributed by atoms with E-state index in [1.165, 1.54) is 25.1 Å². The van der Waals surface area contributed by atoms with Crippen LogP contribution in [-0.2, 0) is 9.53 Å².